The largest absolute Gasteiger partial charge is 0.456 e. The maximum Gasteiger partial charge on any atom is 0.137 e. The lowest BCUT2D eigenvalue weighted by Crippen LogP contribution is -1.95. The third kappa shape index (κ3) is 4.50. The van der Waals surface area contributed by atoms with E-state index in [0.717, 1.165) is 38.7 Å². The Hall–Kier alpha value is -7.36. The third-order valence-electron chi connectivity index (χ3n) is 11.5. The Morgan fingerprint density at radius 2 is 0.891 bits per heavy atom. The lowest BCUT2D eigenvalue weighted by Gasteiger charge is -2.12. The van der Waals surface area contributed by atoms with E-state index in [4.69, 9.17) is 4.42 Å². The second-order valence-corrected chi connectivity index (χ2v) is 14.5. The summed E-state index contributed by atoms with van der Waals surface area (Å²) in [6.07, 6.45) is 0. The van der Waals surface area contributed by atoms with Crippen molar-refractivity contribution in [3.8, 4) is 33.6 Å². The highest BCUT2D eigenvalue weighted by molar-refractivity contribution is 6.18. The summed E-state index contributed by atoms with van der Waals surface area (Å²) in [6, 6.07) is 70.3. The van der Waals surface area contributed by atoms with Crippen LogP contribution in [0.3, 0.4) is 0 Å². The molecule has 3 nitrogen and oxygen atoms in total. The Morgan fingerprint density at radius 1 is 0.291 bits per heavy atom. The molecule has 3 heteroatoms. The topological polar surface area (TPSA) is 23.0 Å². The summed E-state index contributed by atoms with van der Waals surface area (Å²) in [6.45, 7) is 0. The van der Waals surface area contributed by atoms with Crippen LogP contribution in [0.4, 0.5) is 0 Å². The van der Waals surface area contributed by atoms with Gasteiger partial charge in [-0.3, -0.25) is 0 Å². The predicted octanol–water partition coefficient (Wildman–Crippen LogP) is 14.3. The Balaban J connectivity index is 1.09. The van der Waals surface area contributed by atoms with E-state index in [1.165, 1.54) is 71.3 Å². The minimum atomic E-state index is 0.894. The van der Waals surface area contributed by atoms with Gasteiger partial charge in [0.15, 0.2) is 0 Å². The van der Waals surface area contributed by atoms with Gasteiger partial charge in [-0.15, -0.1) is 0 Å². The van der Waals surface area contributed by atoms with Crippen LogP contribution in [-0.2, 0) is 0 Å². The van der Waals surface area contributed by atoms with Crippen molar-refractivity contribution in [1.82, 2.24) is 9.13 Å². The van der Waals surface area contributed by atoms with E-state index in [1.54, 1.807) is 0 Å². The van der Waals surface area contributed by atoms with E-state index < -0.39 is 0 Å². The molecule has 0 saturated carbocycles. The van der Waals surface area contributed by atoms with Crippen LogP contribution in [0.15, 0.2) is 199 Å². The first-order chi connectivity index (χ1) is 27.3. The third-order valence-corrected chi connectivity index (χ3v) is 11.5. The number of furan rings is 1. The maximum absolute atomic E-state index is 6.45. The second kappa shape index (κ2) is 11.6. The molecule has 0 radical (unpaired) electrons. The average Bonchev–Trinajstić information content (AvgIpc) is 3.89. The smallest absolute Gasteiger partial charge is 0.137 e. The zero-order chi connectivity index (χ0) is 36.0. The van der Waals surface area contributed by atoms with Crippen molar-refractivity contribution in [1.29, 1.82) is 0 Å². The van der Waals surface area contributed by atoms with Crippen molar-refractivity contribution in [3.05, 3.63) is 194 Å². The monoisotopic (exact) mass is 700 g/mol. The SMILES string of the molecule is c1ccc(-c2cccc(-n3c4ccc(-c5ccc6c(c5)c5ccccc5n6-c5cccc6ccccc56)cc4c4cc5c(cc43)oc3ccccc35)c2)cc1. The lowest BCUT2D eigenvalue weighted by molar-refractivity contribution is 0.669. The first-order valence-electron chi connectivity index (χ1n) is 18.8. The molecule has 0 atom stereocenters. The summed E-state index contributed by atoms with van der Waals surface area (Å²) in [5, 5.41) is 9.65. The Labute approximate surface area is 316 Å². The van der Waals surface area contributed by atoms with Gasteiger partial charge in [-0.2, -0.15) is 0 Å². The lowest BCUT2D eigenvalue weighted by atomic mass is 10.00. The van der Waals surface area contributed by atoms with Crippen LogP contribution in [-0.4, -0.2) is 9.13 Å². The number of fused-ring (bicyclic) bond motifs is 10. The van der Waals surface area contributed by atoms with Crippen molar-refractivity contribution >= 4 is 76.3 Å². The molecule has 9 aromatic carbocycles. The standard InChI is InChI=1S/C52H32N2O/c1-2-12-33(13-3-1)35-16-10-17-38(28-35)53-48-26-24-37(30-43(48)44-31-45-41-20-7-9-23-51(41)55-52(45)32-50(44)53)36-25-27-49-42(29-36)40-19-6-8-21-47(40)54(49)46-22-11-15-34-14-4-5-18-39(34)46/h1-32H. The van der Waals surface area contributed by atoms with Crippen molar-refractivity contribution in [2.75, 3.05) is 0 Å². The summed E-state index contributed by atoms with van der Waals surface area (Å²) >= 11 is 0. The summed E-state index contributed by atoms with van der Waals surface area (Å²) < 4.78 is 11.3. The zero-order valence-electron chi connectivity index (χ0n) is 29.8. The first-order valence-corrected chi connectivity index (χ1v) is 18.8. The number of aromatic nitrogens is 2. The van der Waals surface area contributed by atoms with Crippen LogP contribution in [0.5, 0.6) is 0 Å². The quantitative estimate of drug-likeness (QED) is 0.179. The van der Waals surface area contributed by atoms with Gasteiger partial charge in [0.05, 0.1) is 27.8 Å². The number of nitrogens with zero attached hydrogens (tertiary/aromatic N) is 2. The van der Waals surface area contributed by atoms with Crippen molar-refractivity contribution in [3.63, 3.8) is 0 Å². The molecule has 55 heavy (non-hydrogen) atoms. The molecule has 3 heterocycles. The maximum atomic E-state index is 6.45. The molecule has 0 aliphatic heterocycles. The van der Waals surface area contributed by atoms with Gasteiger partial charge < -0.3 is 13.6 Å². The number of rotatable bonds is 4. The Morgan fingerprint density at radius 3 is 1.75 bits per heavy atom. The number of hydrogen-bond donors (Lipinski definition) is 0. The van der Waals surface area contributed by atoms with Gasteiger partial charge in [-0.1, -0.05) is 127 Å². The van der Waals surface area contributed by atoms with E-state index in [1.807, 2.05) is 6.07 Å². The molecule has 0 unspecified atom stereocenters. The minimum Gasteiger partial charge on any atom is -0.456 e. The van der Waals surface area contributed by atoms with Crippen molar-refractivity contribution < 1.29 is 4.42 Å². The van der Waals surface area contributed by atoms with E-state index in [2.05, 4.69) is 197 Å². The molecular weight excluding hydrogens is 669 g/mol. The summed E-state index contributed by atoms with van der Waals surface area (Å²) in [7, 11) is 0. The fourth-order valence-corrected chi connectivity index (χ4v) is 8.97. The van der Waals surface area contributed by atoms with Crippen LogP contribution in [0.2, 0.25) is 0 Å². The van der Waals surface area contributed by atoms with Gasteiger partial charge in [0, 0.05) is 49.5 Å². The van der Waals surface area contributed by atoms with Gasteiger partial charge >= 0.3 is 0 Å². The first kappa shape index (κ1) is 30.1. The van der Waals surface area contributed by atoms with Crippen molar-refractivity contribution in [2.24, 2.45) is 0 Å². The van der Waals surface area contributed by atoms with Crippen LogP contribution in [0.25, 0.3) is 110 Å². The molecule has 12 aromatic rings. The molecule has 0 spiro atoms. The van der Waals surface area contributed by atoms with Crippen LogP contribution in [0, 0.1) is 0 Å². The highest BCUT2D eigenvalue weighted by Gasteiger charge is 2.19. The molecule has 256 valence electrons. The fourth-order valence-electron chi connectivity index (χ4n) is 8.97. The summed E-state index contributed by atoms with van der Waals surface area (Å²) in [5.74, 6) is 0. The van der Waals surface area contributed by atoms with Crippen LogP contribution >= 0.6 is 0 Å². The van der Waals surface area contributed by atoms with Crippen LogP contribution in [0.1, 0.15) is 0 Å². The number of hydrogen-bond acceptors (Lipinski definition) is 1. The molecule has 0 aliphatic carbocycles. The molecule has 0 fully saturated rings. The van der Waals surface area contributed by atoms with E-state index in [9.17, 15) is 0 Å². The predicted molar refractivity (Wildman–Crippen MR) is 231 cm³/mol. The average molecular weight is 701 g/mol. The highest BCUT2D eigenvalue weighted by Crippen LogP contribution is 2.42. The molecule has 0 saturated heterocycles. The highest BCUT2D eigenvalue weighted by atomic mass is 16.3. The Bertz CT molecular complexity index is 3480. The number of benzene rings is 9. The summed E-state index contributed by atoms with van der Waals surface area (Å²) in [4.78, 5) is 0. The second-order valence-electron chi connectivity index (χ2n) is 14.5. The minimum absolute atomic E-state index is 0.894. The van der Waals surface area contributed by atoms with E-state index in [-0.39, 0.29) is 0 Å². The van der Waals surface area contributed by atoms with E-state index >= 15 is 0 Å². The van der Waals surface area contributed by atoms with Gasteiger partial charge in [0.25, 0.3) is 0 Å². The van der Waals surface area contributed by atoms with Crippen molar-refractivity contribution in [2.45, 2.75) is 0 Å². The zero-order valence-corrected chi connectivity index (χ0v) is 29.8. The normalized spacial score (nSPS) is 12.0. The molecule has 0 aliphatic rings. The molecule has 0 bridgehead atoms. The molecule has 3 aromatic heterocycles. The fraction of sp³-hybridized carbons (Fsp3) is 0. The molecule has 12 rings (SSSR count). The Kier molecular flexibility index (Phi) is 6.34. The summed E-state index contributed by atoms with van der Waals surface area (Å²) in [5.41, 5.74) is 13.6. The molecule has 0 N–H and O–H groups in total. The van der Waals surface area contributed by atoms with Crippen LogP contribution < -0.4 is 0 Å². The molecule has 0 amide bonds. The number of para-hydroxylation sites is 2. The van der Waals surface area contributed by atoms with Gasteiger partial charge in [-0.05, 0) is 88.3 Å². The van der Waals surface area contributed by atoms with Gasteiger partial charge in [-0.25, -0.2) is 0 Å². The van der Waals surface area contributed by atoms with E-state index in [0.29, 0.717) is 0 Å². The molecular formula is C52H32N2O. The van der Waals surface area contributed by atoms with Gasteiger partial charge in [0.2, 0.25) is 0 Å². The van der Waals surface area contributed by atoms with Gasteiger partial charge in [0.1, 0.15) is 11.2 Å².